The largest absolute Gasteiger partial charge is 0.481 e. The van der Waals surface area contributed by atoms with Crippen LogP contribution in [0.4, 0.5) is 4.79 Å². The van der Waals surface area contributed by atoms with Crippen LogP contribution in [0, 0.1) is 11.3 Å². The molecule has 6 heteroatoms. The smallest absolute Gasteiger partial charge is 0.320 e. The normalized spacial score (nSPS) is 11.8. The van der Waals surface area contributed by atoms with Gasteiger partial charge in [0.2, 0.25) is 0 Å². The zero-order chi connectivity index (χ0) is 15.0. The quantitative estimate of drug-likeness (QED) is 0.765. The van der Waals surface area contributed by atoms with Crippen molar-refractivity contribution in [3.63, 3.8) is 0 Å². The molecule has 0 spiro atoms. The summed E-state index contributed by atoms with van der Waals surface area (Å²) in [6.45, 7) is 6.01. The Bertz CT molecular complexity index is 350. The number of nitrogens with zero attached hydrogens (tertiary/aromatic N) is 3. The molecule has 1 atom stereocenters. The Labute approximate surface area is 114 Å². The Morgan fingerprint density at radius 2 is 1.89 bits per heavy atom. The molecule has 0 fully saturated rings. The summed E-state index contributed by atoms with van der Waals surface area (Å²) in [6.07, 6.45) is 0.761. The second kappa shape index (κ2) is 8.35. The van der Waals surface area contributed by atoms with Crippen LogP contribution in [0.3, 0.4) is 0 Å². The van der Waals surface area contributed by atoms with Crippen LogP contribution in [-0.4, -0.2) is 52.6 Å². The highest BCUT2D eigenvalue weighted by Crippen LogP contribution is 2.10. The van der Waals surface area contributed by atoms with Gasteiger partial charge in [0, 0.05) is 32.1 Å². The Balaban J connectivity index is 4.57. The van der Waals surface area contributed by atoms with E-state index in [1.807, 2.05) is 26.8 Å². The number of nitriles is 1. The fourth-order valence-corrected chi connectivity index (χ4v) is 1.64. The molecule has 1 N–H and O–H groups in total. The first kappa shape index (κ1) is 17.2. The third kappa shape index (κ3) is 6.09. The number of carbonyl (C=O) groups is 2. The molecule has 0 aliphatic heterocycles. The van der Waals surface area contributed by atoms with Crippen LogP contribution in [0.5, 0.6) is 0 Å². The monoisotopic (exact) mass is 269 g/mol. The van der Waals surface area contributed by atoms with E-state index in [-0.39, 0.29) is 31.0 Å². The van der Waals surface area contributed by atoms with Crippen molar-refractivity contribution >= 4 is 12.0 Å². The van der Waals surface area contributed by atoms with Gasteiger partial charge < -0.3 is 14.9 Å². The van der Waals surface area contributed by atoms with E-state index in [9.17, 15) is 9.59 Å². The van der Waals surface area contributed by atoms with Crippen LogP contribution in [0.25, 0.3) is 0 Å². The lowest BCUT2D eigenvalue weighted by Gasteiger charge is -2.33. The number of aliphatic carboxylic acids is 1. The zero-order valence-corrected chi connectivity index (χ0v) is 12.1. The van der Waals surface area contributed by atoms with E-state index in [2.05, 4.69) is 0 Å². The summed E-state index contributed by atoms with van der Waals surface area (Å²) in [5, 5.41) is 17.3. The Kier molecular flexibility index (Phi) is 7.57. The van der Waals surface area contributed by atoms with E-state index in [1.54, 1.807) is 11.9 Å². The molecule has 108 valence electrons. The number of carboxylic acids is 1. The molecule has 0 aliphatic carbocycles. The average molecular weight is 269 g/mol. The molecule has 0 rings (SSSR count). The molecule has 0 bridgehead atoms. The highest BCUT2D eigenvalue weighted by molar-refractivity contribution is 5.75. The van der Waals surface area contributed by atoms with Crippen molar-refractivity contribution in [3.8, 4) is 6.07 Å². The first-order valence-electron chi connectivity index (χ1n) is 6.43. The number of rotatable bonds is 7. The molecule has 1 unspecified atom stereocenters. The van der Waals surface area contributed by atoms with Gasteiger partial charge >= 0.3 is 12.0 Å². The van der Waals surface area contributed by atoms with Gasteiger partial charge in [0.25, 0.3) is 0 Å². The van der Waals surface area contributed by atoms with E-state index < -0.39 is 5.97 Å². The number of carboxylic acid groups (broad SMARTS) is 1. The molecule has 2 amide bonds. The number of carbonyl (C=O) groups excluding carboxylic acids is 1. The minimum Gasteiger partial charge on any atom is -0.481 e. The number of amides is 2. The molecule has 0 aromatic heterocycles. The van der Waals surface area contributed by atoms with Crippen molar-refractivity contribution < 1.29 is 14.7 Å². The van der Waals surface area contributed by atoms with Crippen molar-refractivity contribution in [2.75, 3.05) is 13.6 Å². The van der Waals surface area contributed by atoms with Crippen LogP contribution in [0.1, 0.15) is 40.0 Å². The maximum atomic E-state index is 12.3. The fraction of sp³-hybridized carbons (Fsp3) is 0.769. The first-order valence-corrected chi connectivity index (χ1v) is 6.43. The number of hydrogen-bond acceptors (Lipinski definition) is 3. The molecule has 0 saturated heterocycles. The van der Waals surface area contributed by atoms with E-state index in [1.165, 1.54) is 4.90 Å². The molecule has 0 aromatic carbocycles. The highest BCUT2D eigenvalue weighted by atomic mass is 16.4. The van der Waals surface area contributed by atoms with Crippen LogP contribution in [-0.2, 0) is 4.79 Å². The van der Waals surface area contributed by atoms with Gasteiger partial charge in [-0.15, -0.1) is 0 Å². The van der Waals surface area contributed by atoms with Gasteiger partial charge in [0.1, 0.15) is 0 Å². The van der Waals surface area contributed by atoms with Crippen molar-refractivity contribution in [3.05, 3.63) is 0 Å². The summed E-state index contributed by atoms with van der Waals surface area (Å²) >= 11 is 0. The third-order valence-corrected chi connectivity index (χ3v) is 3.01. The highest BCUT2D eigenvalue weighted by Gasteiger charge is 2.23. The van der Waals surface area contributed by atoms with E-state index in [4.69, 9.17) is 10.4 Å². The van der Waals surface area contributed by atoms with E-state index in [0.29, 0.717) is 13.0 Å². The SMILES string of the molecule is CC(CC#N)N(C)C(=O)N(CCCC(=O)O)C(C)C. The fourth-order valence-electron chi connectivity index (χ4n) is 1.64. The lowest BCUT2D eigenvalue weighted by molar-refractivity contribution is -0.137. The summed E-state index contributed by atoms with van der Waals surface area (Å²) in [7, 11) is 1.66. The number of urea groups is 1. The zero-order valence-electron chi connectivity index (χ0n) is 12.1. The van der Waals surface area contributed by atoms with Crippen molar-refractivity contribution in [2.24, 2.45) is 0 Å². The maximum Gasteiger partial charge on any atom is 0.320 e. The van der Waals surface area contributed by atoms with E-state index >= 15 is 0 Å². The summed E-state index contributed by atoms with van der Waals surface area (Å²) < 4.78 is 0. The maximum absolute atomic E-state index is 12.3. The topological polar surface area (TPSA) is 84.6 Å². The number of hydrogen-bond donors (Lipinski definition) is 1. The predicted molar refractivity (Wildman–Crippen MR) is 71.6 cm³/mol. The molecule has 0 aliphatic rings. The van der Waals surface area contributed by atoms with Gasteiger partial charge in [-0.25, -0.2) is 4.79 Å². The summed E-state index contributed by atoms with van der Waals surface area (Å²) in [5.41, 5.74) is 0. The van der Waals surface area contributed by atoms with Gasteiger partial charge in [-0.2, -0.15) is 5.26 Å². The van der Waals surface area contributed by atoms with Crippen LogP contribution in [0.2, 0.25) is 0 Å². The van der Waals surface area contributed by atoms with E-state index in [0.717, 1.165) is 0 Å². The standard InChI is InChI=1S/C13H23N3O3/c1-10(2)16(9-5-6-12(17)18)13(19)15(4)11(3)7-8-14/h10-11H,5-7,9H2,1-4H3,(H,17,18). The Morgan fingerprint density at radius 1 is 1.32 bits per heavy atom. The average Bonchev–Trinajstić information content (AvgIpc) is 2.32. The molecule has 19 heavy (non-hydrogen) atoms. The van der Waals surface area contributed by atoms with Crippen LogP contribution in [0.15, 0.2) is 0 Å². The summed E-state index contributed by atoms with van der Waals surface area (Å²) in [4.78, 5) is 25.9. The van der Waals surface area contributed by atoms with Crippen LogP contribution >= 0.6 is 0 Å². The van der Waals surface area contributed by atoms with Crippen molar-refractivity contribution in [1.29, 1.82) is 5.26 Å². The van der Waals surface area contributed by atoms with Gasteiger partial charge in [-0.1, -0.05) is 0 Å². The summed E-state index contributed by atoms with van der Waals surface area (Å²) in [5.74, 6) is -0.859. The Morgan fingerprint density at radius 3 is 2.32 bits per heavy atom. The van der Waals surface area contributed by atoms with Crippen molar-refractivity contribution in [1.82, 2.24) is 9.80 Å². The molecular formula is C13H23N3O3. The second-order valence-corrected chi connectivity index (χ2v) is 4.89. The van der Waals surface area contributed by atoms with Crippen molar-refractivity contribution in [2.45, 2.75) is 52.1 Å². The Hall–Kier alpha value is -1.77. The van der Waals surface area contributed by atoms with Gasteiger partial charge in [0.05, 0.1) is 12.5 Å². The molecule has 6 nitrogen and oxygen atoms in total. The minimum atomic E-state index is -0.859. The lowest BCUT2D eigenvalue weighted by atomic mass is 10.2. The van der Waals surface area contributed by atoms with Gasteiger partial charge in [-0.05, 0) is 27.2 Å². The van der Waals surface area contributed by atoms with Crippen LogP contribution < -0.4 is 0 Å². The van der Waals surface area contributed by atoms with Gasteiger partial charge in [-0.3, -0.25) is 4.79 Å². The van der Waals surface area contributed by atoms with Gasteiger partial charge in [0.15, 0.2) is 0 Å². The first-order chi connectivity index (χ1) is 8.81. The minimum absolute atomic E-state index is 0.00182. The second-order valence-electron chi connectivity index (χ2n) is 4.89. The molecule has 0 heterocycles. The predicted octanol–water partition coefficient (Wildman–Crippen LogP) is 1.92. The molecule has 0 aromatic rings. The lowest BCUT2D eigenvalue weighted by Crippen LogP contribution is -2.48. The summed E-state index contributed by atoms with van der Waals surface area (Å²) in [6, 6.07) is 1.72. The molecule has 0 saturated carbocycles. The molecule has 0 radical (unpaired) electrons. The molecular weight excluding hydrogens is 246 g/mol. The third-order valence-electron chi connectivity index (χ3n) is 3.01.